The van der Waals surface area contributed by atoms with Gasteiger partial charge in [0.1, 0.15) is 17.0 Å². The highest BCUT2D eigenvalue weighted by atomic mass is 16.5. The first-order valence-corrected chi connectivity index (χ1v) is 11.9. The molecule has 2 heterocycles. The van der Waals surface area contributed by atoms with Crippen LogP contribution in [0.2, 0.25) is 0 Å². The Kier molecular flexibility index (Phi) is 6.74. The molecule has 1 aromatic carbocycles. The third-order valence-corrected chi connectivity index (χ3v) is 6.94. The molecule has 174 valence electrons. The van der Waals surface area contributed by atoms with E-state index in [4.69, 9.17) is 9.47 Å². The Labute approximate surface area is 190 Å². The van der Waals surface area contributed by atoms with Crippen LogP contribution >= 0.6 is 0 Å². The van der Waals surface area contributed by atoms with Gasteiger partial charge >= 0.3 is 0 Å². The van der Waals surface area contributed by atoms with Crippen molar-refractivity contribution in [1.29, 1.82) is 0 Å². The predicted molar refractivity (Wildman–Crippen MR) is 124 cm³/mol. The van der Waals surface area contributed by atoms with Crippen molar-refractivity contribution in [3.8, 4) is 5.75 Å². The molecule has 2 aliphatic rings. The number of amides is 2. The number of fused-ring (bicyclic) bond motifs is 3. The minimum atomic E-state index is -0.969. The van der Waals surface area contributed by atoms with Crippen LogP contribution in [0.5, 0.6) is 5.75 Å². The van der Waals surface area contributed by atoms with Crippen LogP contribution in [0, 0.1) is 0 Å². The highest BCUT2D eigenvalue weighted by molar-refractivity contribution is 6.03. The van der Waals surface area contributed by atoms with E-state index in [0.717, 1.165) is 42.3 Å². The summed E-state index contributed by atoms with van der Waals surface area (Å²) in [6, 6.07) is 7.91. The number of hydrogen-bond acceptors (Lipinski definition) is 4. The quantitative estimate of drug-likeness (QED) is 0.634. The lowest BCUT2D eigenvalue weighted by Gasteiger charge is -2.45. The fraction of sp³-hybridized carbons (Fsp3) is 0.600. The molecule has 0 bridgehead atoms. The van der Waals surface area contributed by atoms with Gasteiger partial charge in [-0.05, 0) is 51.3 Å². The van der Waals surface area contributed by atoms with Crippen molar-refractivity contribution >= 4 is 22.7 Å². The number of methoxy groups -OCH3 is 1. The molecule has 32 heavy (non-hydrogen) atoms. The van der Waals surface area contributed by atoms with Gasteiger partial charge in [0.15, 0.2) is 0 Å². The highest BCUT2D eigenvalue weighted by Gasteiger charge is 2.47. The fourth-order valence-corrected chi connectivity index (χ4v) is 5.06. The van der Waals surface area contributed by atoms with Gasteiger partial charge in [-0.1, -0.05) is 19.3 Å². The van der Waals surface area contributed by atoms with Gasteiger partial charge in [0.2, 0.25) is 5.91 Å². The number of benzene rings is 1. The van der Waals surface area contributed by atoms with E-state index in [1.165, 1.54) is 6.42 Å². The summed E-state index contributed by atoms with van der Waals surface area (Å²) in [6.45, 7) is 5.97. The third kappa shape index (κ3) is 4.22. The molecule has 1 aliphatic carbocycles. The SMILES string of the molecule is CCOCCCN1C(=O)c2cc3ccc(OC)cc3n2C[C@@]1(C)C(=O)NC1CCCCC1. The maximum absolute atomic E-state index is 13.7. The molecule has 1 aromatic heterocycles. The molecule has 7 nitrogen and oxygen atoms in total. The first-order chi connectivity index (χ1) is 15.5. The monoisotopic (exact) mass is 441 g/mol. The van der Waals surface area contributed by atoms with E-state index in [0.29, 0.717) is 38.4 Å². The minimum absolute atomic E-state index is 0.0652. The molecule has 1 fully saturated rings. The predicted octanol–water partition coefficient (Wildman–Crippen LogP) is 3.74. The van der Waals surface area contributed by atoms with Crippen molar-refractivity contribution in [3.05, 3.63) is 30.0 Å². The molecule has 2 aromatic rings. The Morgan fingerprint density at radius 3 is 2.72 bits per heavy atom. The molecule has 1 N–H and O–H groups in total. The average Bonchev–Trinajstić information content (AvgIpc) is 3.16. The summed E-state index contributed by atoms with van der Waals surface area (Å²) in [4.78, 5) is 29.1. The first kappa shape index (κ1) is 22.6. The van der Waals surface area contributed by atoms with Gasteiger partial charge in [-0.15, -0.1) is 0 Å². The van der Waals surface area contributed by atoms with E-state index in [1.807, 2.05) is 42.7 Å². The van der Waals surface area contributed by atoms with Crippen LogP contribution in [-0.4, -0.2) is 59.7 Å². The van der Waals surface area contributed by atoms with Crippen molar-refractivity contribution in [3.63, 3.8) is 0 Å². The maximum Gasteiger partial charge on any atom is 0.271 e. The highest BCUT2D eigenvalue weighted by Crippen LogP contribution is 2.34. The lowest BCUT2D eigenvalue weighted by molar-refractivity contribution is -0.133. The lowest BCUT2D eigenvalue weighted by Crippen LogP contribution is -2.65. The molecule has 0 radical (unpaired) electrons. The Morgan fingerprint density at radius 2 is 2.00 bits per heavy atom. The summed E-state index contributed by atoms with van der Waals surface area (Å²) >= 11 is 0. The zero-order valence-corrected chi connectivity index (χ0v) is 19.5. The molecule has 0 unspecified atom stereocenters. The van der Waals surface area contributed by atoms with Gasteiger partial charge in [0.25, 0.3) is 5.91 Å². The largest absolute Gasteiger partial charge is 0.497 e. The van der Waals surface area contributed by atoms with Crippen LogP contribution in [0.1, 0.15) is 62.9 Å². The van der Waals surface area contributed by atoms with E-state index in [-0.39, 0.29) is 17.9 Å². The third-order valence-electron chi connectivity index (χ3n) is 6.94. The normalized spacial score (nSPS) is 21.6. The number of aromatic nitrogens is 1. The van der Waals surface area contributed by atoms with E-state index in [2.05, 4.69) is 5.32 Å². The standard InChI is InChI=1S/C25H35N3O4/c1-4-32-14-8-13-28-23(29)22-15-18-11-12-20(31-3)16-21(18)27(22)17-25(28,2)24(30)26-19-9-6-5-7-10-19/h11-12,15-16,19H,4-10,13-14,17H2,1-3H3,(H,26,30)/t25-/m0/s1. The fourth-order valence-electron chi connectivity index (χ4n) is 5.06. The second kappa shape index (κ2) is 9.53. The number of carbonyl (C=O) groups excluding carboxylic acids is 2. The van der Waals surface area contributed by atoms with Gasteiger partial charge in [-0.2, -0.15) is 0 Å². The number of hydrogen-bond donors (Lipinski definition) is 1. The zero-order chi connectivity index (χ0) is 22.7. The van der Waals surface area contributed by atoms with Gasteiger partial charge in [0, 0.05) is 37.3 Å². The first-order valence-electron chi connectivity index (χ1n) is 11.9. The molecule has 0 saturated heterocycles. The summed E-state index contributed by atoms with van der Waals surface area (Å²) in [5.74, 6) is 0.562. The van der Waals surface area contributed by atoms with Crippen LogP contribution in [0.4, 0.5) is 0 Å². The second-order valence-corrected chi connectivity index (χ2v) is 9.13. The van der Waals surface area contributed by atoms with Crippen molar-refractivity contribution < 1.29 is 19.1 Å². The molecule has 1 aliphatic heterocycles. The average molecular weight is 442 g/mol. The zero-order valence-electron chi connectivity index (χ0n) is 19.5. The van der Waals surface area contributed by atoms with Crippen LogP contribution < -0.4 is 10.1 Å². The maximum atomic E-state index is 13.7. The molecule has 2 amide bonds. The molecule has 1 saturated carbocycles. The van der Waals surface area contributed by atoms with Crippen LogP contribution in [0.25, 0.3) is 10.9 Å². The topological polar surface area (TPSA) is 72.8 Å². The van der Waals surface area contributed by atoms with Gasteiger partial charge < -0.3 is 24.3 Å². The summed E-state index contributed by atoms with van der Waals surface area (Å²) < 4.78 is 12.9. The van der Waals surface area contributed by atoms with Crippen LogP contribution in [-0.2, 0) is 16.1 Å². The second-order valence-electron chi connectivity index (χ2n) is 9.13. The molecule has 7 heteroatoms. The number of nitrogens with zero attached hydrogens (tertiary/aromatic N) is 2. The van der Waals surface area contributed by atoms with Crippen molar-refractivity contribution in [2.24, 2.45) is 0 Å². The Hall–Kier alpha value is -2.54. The van der Waals surface area contributed by atoms with Gasteiger partial charge in [0.05, 0.1) is 19.2 Å². The summed E-state index contributed by atoms with van der Waals surface area (Å²) in [5.41, 5.74) is 0.564. The van der Waals surface area contributed by atoms with Gasteiger partial charge in [-0.3, -0.25) is 9.59 Å². The number of nitrogens with one attached hydrogen (secondary N) is 1. The van der Waals surface area contributed by atoms with Crippen LogP contribution in [0.3, 0.4) is 0 Å². The van der Waals surface area contributed by atoms with E-state index < -0.39 is 5.54 Å². The Morgan fingerprint density at radius 1 is 1.22 bits per heavy atom. The molecule has 4 rings (SSSR count). The Bertz CT molecular complexity index is 979. The van der Waals surface area contributed by atoms with E-state index in [1.54, 1.807) is 12.0 Å². The Balaban J connectivity index is 1.68. The molecule has 1 atom stereocenters. The summed E-state index contributed by atoms with van der Waals surface area (Å²) in [6.07, 6.45) is 6.23. The number of rotatable bonds is 8. The van der Waals surface area contributed by atoms with Crippen molar-refractivity contribution in [1.82, 2.24) is 14.8 Å². The number of ether oxygens (including phenoxy) is 2. The van der Waals surface area contributed by atoms with Crippen molar-refractivity contribution in [2.45, 2.75) is 70.5 Å². The van der Waals surface area contributed by atoms with E-state index >= 15 is 0 Å². The molecule has 0 spiro atoms. The minimum Gasteiger partial charge on any atom is -0.497 e. The molecular formula is C25H35N3O4. The summed E-state index contributed by atoms with van der Waals surface area (Å²) in [5, 5.41) is 4.25. The van der Waals surface area contributed by atoms with Crippen LogP contribution in [0.15, 0.2) is 24.3 Å². The number of carbonyl (C=O) groups is 2. The smallest absolute Gasteiger partial charge is 0.271 e. The molecular weight excluding hydrogens is 406 g/mol. The van der Waals surface area contributed by atoms with E-state index in [9.17, 15) is 9.59 Å². The van der Waals surface area contributed by atoms with Crippen molar-refractivity contribution in [2.75, 3.05) is 26.9 Å². The lowest BCUT2D eigenvalue weighted by atomic mass is 9.91. The summed E-state index contributed by atoms with van der Waals surface area (Å²) in [7, 11) is 1.63. The van der Waals surface area contributed by atoms with Gasteiger partial charge in [-0.25, -0.2) is 0 Å².